The predicted octanol–water partition coefficient (Wildman–Crippen LogP) is 2.10. The fraction of sp³-hybridized carbons (Fsp3) is 0.800. The van der Waals surface area contributed by atoms with Gasteiger partial charge in [-0.1, -0.05) is 19.8 Å². The summed E-state index contributed by atoms with van der Waals surface area (Å²) in [6.45, 7) is 13.7. The summed E-state index contributed by atoms with van der Waals surface area (Å²) in [5.41, 5.74) is -0.298. The van der Waals surface area contributed by atoms with E-state index >= 15 is 0 Å². The van der Waals surface area contributed by atoms with Gasteiger partial charge in [0.05, 0.1) is 18.8 Å². The fourth-order valence-electron chi connectivity index (χ4n) is 2.53. The van der Waals surface area contributed by atoms with Crippen molar-refractivity contribution in [2.24, 2.45) is 5.92 Å². The van der Waals surface area contributed by atoms with E-state index in [2.05, 4.69) is 44.4 Å². The largest absolute Gasteiger partial charge is 0.378 e. The van der Waals surface area contributed by atoms with Crippen molar-refractivity contribution < 1.29 is 9.53 Å². The highest BCUT2D eigenvalue weighted by Gasteiger charge is 2.35. The van der Waals surface area contributed by atoms with Crippen LogP contribution in [0.15, 0.2) is 0 Å². The Morgan fingerprint density at radius 3 is 2.22 bits per heavy atom. The summed E-state index contributed by atoms with van der Waals surface area (Å²) >= 11 is 0. The Balaban J connectivity index is 2.87. The summed E-state index contributed by atoms with van der Waals surface area (Å²) < 4.78 is 5.53. The van der Waals surface area contributed by atoms with Crippen LogP contribution >= 0.6 is 0 Å². The first-order valence-electron chi connectivity index (χ1n) is 6.69. The number of Topliss-reactive ketones (excluding diaryl/α,β-unsaturated/α-hetero) is 1. The van der Waals surface area contributed by atoms with Crippen LogP contribution in [0.5, 0.6) is 0 Å². The van der Waals surface area contributed by atoms with Gasteiger partial charge in [0.25, 0.3) is 0 Å². The van der Waals surface area contributed by atoms with E-state index in [0.717, 1.165) is 13.2 Å². The zero-order valence-electron chi connectivity index (χ0n) is 12.4. The van der Waals surface area contributed by atoms with Crippen LogP contribution < -0.4 is 0 Å². The molecule has 1 saturated heterocycles. The predicted molar refractivity (Wildman–Crippen MR) is 73.3 cm³/mol. The molecule has 0 spiro atoms. The number of ether oxygens (including phenoxy) is 1. The van der Waals surface area contributed by atoms with Crippen LogP contribution in [0.3, 0.4) is 0 Å². The summed E-state index contributed by atoms with van der Waals surface area (Å²) in [6.07, 6.45) is 0. The van der Waals surface area contributed by atoms with Gasteiger partial charge < -0.3 is 4.74 Å². The van der Waals surface area contributed by atoms with Gasteiger partial charge >= 0.3 is 0 Å². The normalized spacial score (nSPS) is 25.7. The molecule has 0 saturated carbocycles. The average Bonchev–Trinajstić information content (AvgIpc) is 2.25. The van der Waals surface area contributed by atoms with Crippen molar-refractivity contribution in [3.05, 3.63) is 0 Å². The van der Waals surface area contributed by atoms with E-state index in [9.17, 15) is 4.79 Å². The average molecular weight is 251 g/mol. The third-order valence-corrected chi connectivity index (χ3v) is 3.33. The Morgan fingerprint density at radius 2 is 1.78 bits per heavy atom. The molecule has 3 nitrogen and oxygen atoms in total. The maximum atomic E-state index is 11.6. The summed E-state index contributed by atoms with van der Waals surface area (Å²) in [5, 5.41) is 0. The molecule has 0 N–H and O–H groups in total. The maximum Gasteiger partial charge on any atom is 0.208 e. The third kappa shape index (κ3) is 3.57. The van der Waals surface area contributed by atoms with Gasteiger partial charge in [-0.2, -0.15) is 0 Å². The molecule has 3 heteroatoms. The lowest BCUT2D eigenvalue weighted by Crippen LogP contribution is -2.58. The molecule has 2 atom stereocenters. The monoisotopic (exact) mass is 251 g/mol. The van der Waals surface area contributed by atoms with E-state index in [-0.39, 0.29) is 17.2 Å². The van der Waals surface area contributed by atoms with Crippen LogP contribution in [0.25, 0.3) is 0 Å². The Labute approximate surface area is 111 Å². The molecule has 102 valence electrons. The molecule has 0 aromatic carbocycles. The smallest absolute Gasteiger partial charge is 0.208 e. The minimum absolute atomic E-state index is 0.0108. The molecule has 1 fully saturated rings. The molecule has 0 aromatic heterocycles. The van der Waals surface area contributed by atoms with E-state index in [1.54, 1.807) is 0 Å². The van der Waals surface area contributed by atoms with Gasteiger partial charge in [0.15, 0.2) is 0 Å². The van der Waals surface area contributed by atoms with E-state index < -0.39 is 0 Å². The first kappa shape index (κ1) is 15.2. The number of hydrogen-bond donors (Lipinski definition) is 0. The van der Waals surface area contributed by atoms with Crippen LogP contribution in [0.4, 0.5) is 0 Å². The maximum absolute atomic E-state index is 11.6. The van der Waals surface area contributed by atoms with Crippen LogP contribution in [0.2, 0.25) is 0 Å². The van der Waals surface area contributed by atoms with Crippen molar-refractivity contribution in [3.63, 3.8) is 0 Å². The van der Waals surface area contributed by atoms with Gasteiger partial charge in [0, 0.05) is 18.0 Å². The first-order valence-corrected chi connectivity index (χ1v) is 6.69. The lowest BCUT2D eigenvalue weighted by Gasteiger charge is -2.46. The molecule has 0 bridgehead atoms. The minimum Gasteiger partial charge on any atom is -0.378 e. The molecule has 18 heavy (non-hydrogen) atoms. The van der Waals surface area contributed by atoms with E-state index in [0.29, 0.717) is 12.1 Å². The molecule has 1 aliphatic heterocycles. The second kappa shape index (κ2) is 5.86. The second-order valence-corrected chi connectivity index (χ2v) is 5.97. The number of carbonyl (C=O) groups excluding carboxylic acids is 1. The van der Waals surface area contributed by atoms with Gasteiger partial charge in [0.2, 0.25) is 5.78 Å². The zero-order chi connectivity index (χ0) is 13.9. The summed E-state index contributed by atoms with van der Waals surface area (Å²) in [4.78, 5) is 14.0. The van der Waals surface area contributed by atoms with Crippen molar-refractivity contribution in [1.29, 1.82) is 0 Å². The first-order chi connectivity index (χ1) is 8.25. The second-order valence-electron chi connectivity index (χ2n) is 5.97. The lowest BCUT2D eigenvalue weighted by atomic mass is 9.96. The summed E-state index contributed by atoms with van der Waals surface area (Å²) in [5.74, 6) is 5.92. The SMILES string of the molecule is CC(C)C(=O)C#CC(C)(C)N1C(C)COCC1C. The molecule has 1 rings (SSSR count). The highest BCUT2D eigenvalue weighted by Crippen LogP contribution is 2.24. The Morgan fingerprint density at radius 1 is 1.28 bits per heavy atom. The molecule has 2 unspecified atom stereocenters. The van der Waals surface area contributed by atoms with Crippen LogP contribution in [0, 0.1) is 17.8 Å². The highest BCUT2D eigenvalue weighted by atomic mass is 16.5. The zero-order valence-corrected chi connectivity index (χ0v) is 12.4. The van der Waals surface area contributed by atoms with E-state index in [4.69, 9.17) is 4.74 Å². The fourth-order valence-corrected chi connectivity index (χ4v) is 2.53. The molecule has 1 aliphatic rings. The van der Waals surface area contributed by atoms with E-state index in [1.807, 2.05) is 13.8 Å². The third-order valence-electron chi connectivity index (χ3n) is 3.33. The van der Waals surface area contributed by atoms with Gasteiger partial charge in [-0.3, -0.25) is 9.69 Å². The van der Waals surface area contributed by atoms with Crippen molar-refractivity contribution >= 4 is 5.78 Å². The number of nitrogens with zero attached hydrogens (tertiary/aromatic N) is 1. The van der Waals surface area contributed by atoms with Gasteiger partial charge in [0.1, 0.15) is 0 Å². The van der Waals surface area contributed by atoms with Crippen LogP contribution in [0.1, 0.15) is 41.5 Å². The Hall–Kier alpha value is -0.850. The number of rotatable bonds is 2. The lowest BCUT2D eigenvalue weighted by molar-refractivity contribution is -0.116. The molecule has 0 radical (unpaired) electrons. The molecular formula is C15H25NO2. The Kier molecular flexibility index (Phi) is 4.95. The van der Waals surface area contributed by atoms with Crippen LogP contribution in [-0.4, -0.2) is 41.5 Å². The van der Waals surface area contributed by atoms with Gasteiger partial charge in [-0.25, -0.2) is 0 Å². The van der Waals surface area contributed by atoms with Gasteiger partial charge in [-0.05, 0) is 33.6 Å². The molecule has 0 aliphatic carbocycles. The quantitative estimate of drug-likeness (QED) is 0.556. The van der Waals surface area contributed by atoms with Crippen LogP contribution in [-0.2, 0) is 9.53 Å². The van der Waals surface area contributed by atoms with Crippen molar-refractivity contribution in [3.8, 4) is 11.8 Å². The van der Waals surface area contributed by atoms with Crippen molar-refractivity contribution in [1.82, 2.24) is 4.90 Å². The molecule has 0 aromatic rings. The van der Waals surface area contributed by atoms with Crippen molar-refractivity contribution in [2.45, 2.75) is 59.2 Å². The Bertz CT molecular complexity index is 352. The topological polar surface area (TPSA) is 29.5 Å². The molecule has 1 heterocycles. The highest BCUT2D eigenvalue weighted by molar-refractivity contribution is 5.97. The standard InChI is InChI=1S/C15H25NO2/c1-11(2)14(17)7-8-15(5,6)16-12(3)9-18-10-13(16)4/h11-13H,9-10H2,1-6H3. The number of morpholine rings is 1. The summed E-state index contributed by atoms with van der Waals surface area (Å²) in [7, 11) is 0. The number of ketones is 1. The van der Waals surface area contributed by atoms with E-state index in [1.165, 1.54) is 0 Å². The van der Waals surface area contributed by atoms with Gasteiger partial charge in [-0.15, -0.1) is 0 Å². The molecular weight excluding hydrogens is 226 g/mol. The number of carbonyl (C=O) groups is 1. The van der Waals surface area contributed by atoms with Crippen molar-refractivity contribution in [2.75, 3.05) is 13.2 Å². The number of hydrogen-bond acceptors (Lipinski definition) is 3. The summed E-state index contributed by atoms with van der Waals surface area (Å²) in [6, 6.07) is 0.652. The minimum atomic E-state index is -0.298. The molecule has 0 amide bonds.